The molecule has 3 aromatic heterocycles. The smallest absolute Gasteiger partial charge is 0.200 e. The largest absolute Gasteiger partial charge is 0.494 e. The van der Waals surface area contributed by atoms with E-state index in [9.17, 15) is 5.11 Å². The van der Waals surface area contributed by atoms with E-state index in [1.807, 2.05) is 44.4 Å². The summed E-state index contributed by atoms with van der Waals surface area (Å²) in [4.78, 5) is 17.3. The summed E-state index contributed by atoms with van der Waals surface area (Å²) < 4.78 is 0. The third kappa shape index (κ3) is 2.89. The van der Waals surface area contributed by atoms with Gasteiger partial charge in [0.05, 0.1) is 23.0 Å². The van der Waals surface area contributed by atoms with Crippen molar-refractivity contribution in [1.82, 2.24) is 24.8 Å². The van der Waals surface area contributed by atoms with Gasteiger partial charge in [0.15, 0.2) is 5.65 Å². The number of nitrogens with zero attached hydrogens (tertiary/aromatic N) is 3. The molecule has 4 N–H and O–H groups in total. The summed E-state index contributed by atoms with van der Waals surface area (Å²) in [6, 6.07) is 9.73. The van der Waals surface area contributed by atoms with E-state index in [0.717, 1.165) is 35.2 Å². The Kier molecular flexibility index (Phi) is 3.77. The number of benzene rings is 1. The summed E-state index contributed by atoms with van der Waals surface area (Å²) in [7, 11) is 4.08. The lowest BCUT2D eigenvalue weighted by atomic mass is 10.1. The lowest BCUT2D eigenvalue weighted by Gasteiger charge is -2.10. The van der Waals surface area contributed by atoms with Crippen LogP contribution >= 0.6 is 0 Å². The van der Waals surface area contributed by atoms with Crippen LogP contribution in [0.3, 0.4) is 0 Å². The molecule has 128 valence electrons. The molecule has 0 radical (unpaired) electrons. The van der Waals surface area contributed by atoms with Gasteiger partial charge in [0, 0.05) is 24.0 Å². The van der Waals surface area contributed by atoms with Gasteiger partial charge in [-0.3, -0.25) is 0 Å². The van der Waals surface area contributed by atoms with Crippen LogP contribution in [0.15, 0.2) is 36.5 Å². The molecule has 7 nitrogen and oxygen atoms in total. The van der Waals surface area contributed by atoms with Crippen LogP contribution in [0.4, 0.5) is 5.69 Å². The number of aromatic hydroxyl groups is 1. The molecular formula is C18H20N6O. The molecule has 0 unspecified atom stereocenters. The van der Waals surface area contributed by atoms with Crippen molar-refractivity contribution in [2.24, 2.45) is 0 Å². The maximum Gasteiger partial charge on any atom is 0.200 e. The van der Waals surface area contributed by atoms with Gasteiger partial charge in [-0.15, -0.1) is 0 Å². The van der Waals surface area contributed by atoms with Crippen molar-refractivity contribution < 1.29 is 5.11 Å². The molecule has 0 amide bonds. The molecule has 0 bridgehead atoms. The van der Waals surface area contributed by atoms with E-state index in [0.29, 0.717) is 17.0 Å². The number of hydrogen-bond donors (Lipinski definition) is 4. The van der Waals surface area contributed by atoms with E-state index in [1.54, 1.807) is 6.20 Å². The van der Waals surface area contributed by atoms with Gasteiger partial charge in [0.2, 0.25) is 5.88 Å². The van der Waals surface area contributed by atoms with Crippen molar-refractivity contribution in [2.45, 2.75) is 0 Å². The number of aromatic nitrogens is 4. The lowest BCUT2D eigenvalue weighted by molar-refractivity contribution is 0.425. The van der Waals surface area contributed by atoms with Crippen LogP contribution in [0.25, 0.3) is 33.5 Å². The van der Waals surface area contributed by atoms with Crippen molar-refractivity contribution in [3.63, 3.8) is 0 Å². The molecule has 25 heavy (non-hydrogen) atoms. The zero-order valence-electron chi connectivity index (χ0n) is 14.2. The highest BCUT2D eigenvalue weighted by Crippen LogP contribution is 2.35. The molecular weight excluding hydrogens is 316 g/mol. The van der Waals surface area contributed by atoms with Crippen LogP contribution in [0.2, 0.25) is 0 Å². The first kappa shape index (κ1) is 15.5. The van der Waals surface area contributed by atoms with Gasteiger partial charge in [0.25, 0.3) is 0 Å². The topological polar surface area (TPSA) is 92.9 Å². The van der Waals surface area contributed by atoms with E-state index in [4.69, 9.17) is 0 Å². The number of H-pyrrole nitrogens is 2. The Labute approximate surface area is 144 Å². The number of aromatic amines is 2. The van der Waals surface area contributed by atoms with Gasteiger partial charge in [-0.2, -0.15) is 0 Å². The Bertz CT molecular complexity index is 1030. The highest BCUT2D eigenvalue weighted by molar-refractivity contribution is 5.98. The minimum atomic E-state index is 0.101. The molecule has 0 saturated heterocycles. The SMILES string of the molecule is CN(C)CCNc1cnc2nc(-c3c(O)[nH]c4ccccc34)[nH]c2c1. The molecule has 0 spiro atoms. The minimum Gasteiger partial charge on any atom is -0.494 e. The molecule has 4 aromatic rings. The number of likely N-dealkylation sites (N-methyl/N-ethyl adjacent to an activating group) is 1. The maximum absolute atomic E-state index is 10.3. The first-order chi connectivity index (χ1) is 12.1. The van der Waals surface area contributed by atoms with Crippen LogP contribution in [0, 0.1) is 0 Å². The van der Waals surface area contributed by atoms with E-state index in [1.165, 1.54) is 0 Å². The third-order valence-electron chi connectivity index (χ3n) is 4.15. The number of imidazole rings is 1. The number of anilines is 1. The van der Waals surface area contributed by atoms with Crippen molar-refractivity contribution in [2.75, 3.05) is 32.5 Å². The second-order valence-corrected chi connectivity index (χ2v) is 6.30. The van der Waals surface area contributed by atoms with Gasteiger partial charge >= 0.3 is 0 Å². The summed E-state index contributed by atoms with van der Waals surface area (Å²) in [5, 5.41) is 14.5. The molecule has 0 aliphatic heterocycles. The maximum atomic E-state index is 10.3. The van der Waals surface area contributed by atoms with Crippen LogP contribution in [0.5, 0.6) is 5.88 Å². The average molecular weight is 336 g/mol. The molecule has 0 atom stereocenters. The fourth-order valence-electron chi connectivity index (χ4n) is 2.91. The standard InChI is InChI=1S/C18H20N6O/c1-24(2)8-7-19-11-9-14-16(20-10-11)23-17(21-14)15-12-5-3-4-6-13(12)22-18(15)25/h3-6,9-10,19,22,25H,7-8H2,1-2H3,(H,20,21,23). The van der Waals surface area contributed by atoms with Crippen LogP contribution in [0.1, 0.15) is 0 Å². The predicted molar refractivity (Wildman–Crippen MR) is 99.9 cm³/mol. The number of nitrogens with one attached hydrogen (secondary N) is 3. The summed E-state index contributed by atoms with van der Waals surface area (Å²) in [5.74, 6) is 0.701. The molecule has 0 fully saturated rings. The second-order valence-electron chi connectivity index (χ2n) is 6.30. The van der Waals surface area contributed by atoms with E-state index in [2.05, 4.69) is 30.2 Å². The Balaban J connectivity index is 1.70. The van der Waals surface area contributed by atoms with Crippen LogP contribution in [-0.2, 0) is 0 Å². The fraction of sp³-hybridized carbons (Fsp3) is 0.222. The van der Waals surface area contributed by atoms with Crippen LogP contribution in [-0.4, -0.2) is 57.1 Å². The van der Waals surface area contributed by atoms with Crippen molar-refractivity contribution >= 4 is 27.8 Å². The Hall–Kier alpha value is -3.06. The number of hydrogen-bond acceptors (Lipinski definition) is 5. The van der Waals surface area contributed by atoms with Crippen LogP contribution < -0.4 is 5.32 Å². The van der Waals surface area contributed by atoms with E-state index in [-0.39, 0.29) is 5.88 Å². The van der Waals surface area contributed by atoms with Gasteiger partial charge in [-0.25, -0.2) is 9.97 Å². The predicted octanol–water partition coefficient (Wildman–Crippen LogP) is 2.79. The van der Waals surface area contributed by atoms with Crippen molar-refractivity contribution in [3.8, 4) is 17.3 Å². The Morgan fingerprint density at radius 1 is 1.16 bits per heavy atom. The van der Waals surface area contributed by atoms with Crippen molar-refractivity contribution in [3.05, 3.63) is 36.5 Å². The fourth-order valence-corrected chi connectivity index (χ4v) is 2.91. The zero-order chi connectivity index (χ0) is 17.4. The van der Waals surface area contributed by atoms with E-state index < -0.39 is 0 Å². The van der Waals surface area contributed by atoms with Crippen molar-refractivity contribution in [1.29, 1.82) is 0 Å². The third-order valence-corrected chi connectivity index (χ3v) is 4.15. The molecule has 0 saturated carbocycles. The monoisotopic (exact) mass is 336 g/mol. The Morgan fingerprint density at radius 2 is 2.00 bits per heavy atom. The van der Waals surface area contributed by atoms with Gasteiger partial charge in [-0.05, 0) is 26.2 Å². The summed E-state index contributed by atoms with van der Waals surface area (Å²) in [5.41, 5.74) is 3.92. The summed E-state index contributed by atoms with van der Waals surface area (Å²) in [6.45, 7) is 1.78. The van der Waals surface area contributed by atoms with E-state index >= 15 is 0 Å². The molecule has 4 rings (SSSR count). The first-order valence-corrected chi connectivity index (χ1v) is 8.16. The Morgan fingerprint density at radius 3 is 2.84 bits per heavy atom. The van der Waals surface area contributed by atoms with Gasteiger partial charge < -0.3 is 25.3 Å². The lowest BCUT2D eigenvalue weighted by Crippen LogP contribution is -2.20. The molecule has 1 aromatic carbocycles. The number of para-hydroxylation sites is 1. The quantitative estimate of drug-likeness (QED) is 0.450. The minimum absolute atomic E-state index is 0.101. The first-order valence-electron chi connectivity index (χ1n) is 8.16. The molecule has 3 heterocycles. The number of fused-ring (bicyclic) bond motifs is 2. The molecule has 7 heteroatoms. The van der Waals surface area contributed by atoms with Gasteiger partial charge in [-0.1, -0.05) is 18.2 Å². The number of pyridine rings is 1. The highest BCUT2D eigenvalue weighted by atomic mass is 16.3. The molecule has 0 aliphatic rings. The molecule has 0 aliphatic carbocycles. The van der Waals surface area contributed by atoms with Gasteiger partial charge in [0.1, 0.15) is 5.82 Å². The second kappa shape index (κ2) is 6.10. The zero-order valence-corrected chi connectivity index (χ0v) is 14.2. The summed E-state index contributed by atoms with van der Waals surface area (Å²) in [6.07, 6.45) is 1.78. The highest BCUT2D eigenvalue weighted by Gasteiger charge is 2.16. The number of rotatable bonds is 5. The average Bonchev–Trinajstić information content (AvgIpc) is 3.13. The normalized spacial score (nSPS) is 11.6. The summed E-state index contributed by atoms with van der Waals surface area (Å²) >= 11 is 0.